The summed E-state index contributed by atoms with van der Waals surface area (Å²) in [5.41, 5.74) is 1.58. The number of terminal acetylenes is 1. The topological polar surface area (TPSA) is 49.3 Å². The van der Waals surface area contributed by atoms with E-state index in [2.05, 4.69) is 11.2 Å². The lowest BCUT2D eigenvalue weighted by molar-refractivity contribution is -0.116. The van der Waals surface area contributed by atoms with Crippen LogP contribution in [-0.4, -0.2) is 11.0 Å². The summed E-state index contributed by atoms with van der Waals surface area (Å²) >= 11 is 0. The van der Waals surface area contributed by atoms with Crippen molar-refractivity contribution in [1.82, 2.24) is 0 Å². The van der Waals surface area contributed by atoms with Crippen LogP contribution in [0.4, 0.5) is 5.69 Å². The van der Waals surface area contributed by atoms with E-state index in [-0.39, 0.29) is 12.5 Å². The highest BCUT2D eigenvalue weighted by Crippen LogP contribution is 2.10. The number of rotatable bonds is 6. The molecule has 0 saturated carbocycles. The number of aliphatic hydroxyl groups is 1. The minimum atomic E-state index is -0.00114. The molecule has 1 rings (SSSR count). The summed E-state index contributed by atoms with van der Waals surface area (Å²) in [6.07, 6.45) is 8.03. The number of carbonyl (C=O) groups excluding carboxylic acids is 1. The standard InChI is InChI=1S/C14H17NO2/c1-2-3-4-5-6-14(17)15-13-9-7-12(11-16)8-10-13/h1,7-10,16H,3-6,11H2,(H,15,17). The lowest BCUT2D eigenvalue weighted by atomic mass is 10.2. The van der Waals surface area contributed by atoms with Gasteiger partial charge in [0, 0.05) is 18.5 Å². The van der Waals surface area contributed by atoms with Crippen LogP contribution in [-0.2, 0) is 11.4 Å². The van der Waals surface area contributed by atoms with E-state index in [1.54, 1.807) is 24.3 Å². The van der Waals surface area contributed by atoms with Gasteiger partial charge < -0.3 is 10.4 Å². The normalized spacial score (nSPS) is 9.65. The smallest absolute Gasteiger partial charge is 0.224 e. The van der Waals surface area contributed by atoms with Gasteiger partial charge in [0.05, 0.1) is 6.61 Å². The average Bonchev–Trinajstić information content (AvgIpc) is 2.36. The van der Waals surface area contributed by atoms with Crippen molar-refractivity contribution in [3.8, 4) is 12.3 Å². The minimum absolute atomic E-state index is 0.00114. The van der Waals surface area contributed by atoms with Crippen LogP contribution in [0.25, 0.3) is 0 Å². The minimum Gasteiger partial charge on any atom is -0.392 e. The molecule has 0 radical (unpaired) electrons. The molecular formula is C14H17NO2. The largest absolute Gasteiger partial charge is 0.392 e. The highest BCUT2D eigenvalue weighted by molar-refractivity contribution is 5.90. The predicted molar refractivity (Wildman–Crippen MR) is 68.3 cm³/mol. The Hall–Kier alpha value is -1.79. The van der Waals surface area contributed by atoms with Crippen LogP contribution < -0.4 is 5.32 Å². The first-order valence-electron chi connectivity index (χ1n) is 5.69. The maximum absolute atomic E-state index is 11.5. The fourth-order valence-electron chi connectivity index (χ4n) is 1.43. The maximum Gasteiger partial charge on any atom is 0.224 e. The highest BCUT2D eigenvalue weighted by atomic mass is 16.3. The summed E-state index contributed by atoms with van der Waals surface area (Å²) in [5, 5.41) is 11.7. The summed E-state index contributed by atoms with van der Waals surface area (Å²) in [5.74, 6) is 2.55. The molecule has 90 valence electrons. The Bertz CT molecular complexity index is 390. The number of unbranched alkanes of at least 4 members (excludes halogenated alkanes) is 2. The number of anilines is 1. The monoisotopic (exact) mass is 231 g/mol. The number of hydrogen-bond acceptors (Lipinski definition) is 2. The van der Waals surface area contributed by atoms with Crippen molar-refractivity contribution in [2.75, 3.05) is 5.32 Å². The van der Waals surface area contributed by atoms with E-state index >= 15 is 0 Å². The van der Waals surface area contributed by atoms with Crippen molar-refractivity contribution in [3.05, 3.63) is 29.8 Å². The maximum atomic E-state index is 11.5. The van der Waals surface area contributed by atoms with Gasteiger partial charge in [0.15, 0.2) is 0 Å². The summed E-state index contributed by atoms with van der Waals surface area (Å²) in [6.45, 7) is 0.0142. The van der Waals surface area contributed by atoms with Crippen LogP contribution in [0.3, 0.4) is 0 Å². The number of carbonyl (C=O) groups is 1. The van der Waals surface area contributed by atoms with Crippen molar-refractivity contribution in [2.45, 2.75) is 32.3 Å². The first-order chi connectivity index (χ1) is 8.26. The van der Waals surface area contributed by atoms with Gasteiger partial charge in [-0.15, -0.1) is 12.3 Å². The van der Waals surface area contributed by atoms with Gasteiger partial charge in [-0.1, -0.05) is 12.1 Å². The SMILES string of the molecule is C#CCCCCC(=O)Nc1ccc(CO)cc1. The molecule has 1 aromatic rings. The molecule has 0 saturated heterocycles. The van der Waals surface area contributed by atoms with E-state index in [1.807, 2.05) is 0 Å². The molecule has 0 spiro atoms. The third kappa shape index (κ3) is 5.19. The zero-order valence-corrected chi connectivity index (χ0v) is 9.78. The van der Waals surface area contributed by atoms with E-state index in [4.69, 9.17) is 11.5 Å². The van der Waals surface area contributed by atoms with E-state index in [0.29, 0.717) is 6.42 Å². The summed E-state index contributed by atoms with van der Waals surface area (Å²) in [6, 6.07) is 7.14. The quantitative estimate of drug-likeness (QED) is 0.583. The van der Waals surface area contributed by atoms with Crippen LogP contribution in [0.5, 0.6) is 0 Å². The Balaban J connectivity index is 2.32. The zero-order valence-electron chi connectivity index (χ0n) is 9.78. The molecule has 0 heterocycles. The molecular weight excluding hydrogens is 214 g/mol. The Morgan fingerprint density at radius 1 is 1.29 bits per heavy atom. The van der Waals surface area contributed by atoms with Crippen molar-refractivity contribution in [3.63, 3.8) is 0 Å². The van der Waals surface area contributed by atoms with Crippen LogP contribution >= 0.6 is 0 Å². The van der Waals surface area contributed by atoms with Crippen molar-refractivity contribution >= 4 is 11.6 Å². The number of nitrogens with one attached hydrogen (secondary N) is 1. The van der Waals surface area contributed by atoms with Crippen molar-refractivity contribution in [1.29, 1.82) is 0 Å². The van der Waals surface area contributed by atoms with Gasteiger partial charge in [0.2, 0.25) is 5.91 Å². The van der Waals surface area contributed by atoms with E-state index in [0.717, 1.165) is 30.5 Å². The molecule has 0 aliphatic heterocycles. The van der Waals surface area contributed by atoms with Crippen molar-refractivity contribution in [2.24, 2.45) is 0 Å². The molecule has 3 nitrogen and oxygen atoms in total. The van der Waals surface area contributed by atoms with Crippen LogP contribution in [0.1, 0.15) is 31.2 Å². The third-order valence-electron chi connectivity index (χ3n) is 2.40. The summed E-state index contributed by atoms with van der Waals surface area (Å²) in [7, 11) is 0. The molecule has 2 N–H and O–H groups in total. The van der Waals surface area contributed by atoms with Crippen LogP contribution in [0.2, 0.25) is 0 Å². The van der Waals surface area contributed by atoms with Gasteiger partial charge in [-0.3, -0.25) is 4.79 Å². The molecule has 1 amide bonds. The average molecular weight is 231 g/mol. The van der Waals surface area contributed by atoms with E-state index in [1.165, 1.54) is 0 Å². The van der Waals surface area contributed by atoms with Crippen molar-refractivity contribution < 1.29 is 9.90 Å². The van der Waals surface area contributed by atoms with Gasteiger partial charge in [-0.2, -0.15) is 0 Å². The fourth-order valence-corrected chi connectivity index (χ4v) is 1.43. The van der Waals surface area contributed by atoms with Gasteiger partial charge in [0.1, 0.15) is 0 Å². The number of benzene rings is 1. The first-order valence-corrected chi connectivity index (χ1v) is 5.69. The van der Waals surface area contributed by atoms with E-state index < -0.39 is 0 Å². The van der Waals surface area contributed by atoms with E-state index in [9.17, 15) is 4.79 Å². The molecule has 0 unspecified atom stereocenters. The van der Waals surface area contributed by atoms with Crippen LogP contribution in [0, 0.1) is 12.3 Å². The number of hydrogen-bond donors (Lipinski definition) is 2. The lowest BCUT2D eigenvalue weighted by Crippen LogP contribution is -2.10. The highest BCUT2D eigenvalue weighted by Gasteiger charge is 2.01. The van der Waals surface area contributed by atoms with Gasteiger partial charge in [-0.05, 0) is 30.5 Å². The Morgan fingerprint density at radius 3 is 2.59 bits per heavy atom. The van der Waals surface area contributed by atoms with Gasteiger partial charge >= 0.3 is 0 Å². The molecule has 0 bridgehead atoms. The summed E-state index contributed by atoms with van der Waals surface area (Å²) in [4.78, 5) is 11.5. The Labute approximate surface area is 102 Å². The summed E-state index contributed by atoms with van der Waals surface area (Å²) < 4.78 is 0. The number of amides is 1. The molecule has 0 fully saturated rings. The second kappa shape index (κ2) is 7.48. The molecule has 0 atom stereocenters. The predicted octanol–water partition coefficient (Wildman–Crippen LogP) is 2.31. The molecule has 3 heteroatoms. The molecule has 1 aromatic carbocycles. The molecule has 17 heavy (non-hydrogen) atoms. The molecule has 0 aromatic heterocycles. The lowest BCUT2D eigenvalue weighted by Gasteiger charge is -2.05. The van der Waals surface area contributed by atoms with Gasteiger partial charge in [0.25, 0.3) is 0 Å². The second-order valence-electron chi connectivity index (χ2n) is 3.81. The molecule has 0 aliphatic rings. The van der Waals surface area contributed by atoms with Crippen LogP contribution in [0.15, 0.2) is 24.3 Å². The Kier molecular flexibility index (Phi) is 5.84. The fraction of sp³-hybridized carbons (Fsp3) is 0.357. The Morgan fingerprint density at radius 2 is 2.00 bits per heavy atom. The third-order valence-corrected chi connectivity index (χ3v) is 2.40. The second-order valence-corrected chi connectivity index (χ2v) is 3.81. The zero-order chi connectivity index (χ0) is 12.5. The first kappa shape index (κ1) is 13.3. The van der Waals surface area contributed by atoms with Gasteiger partial charge in [-0.25, -0.2) is 0 Å². The molecule has 0 aliphatic carbocycles. The number of aliphatic hydroxyl groups excluding tert-OH is 1.